The van der Waals surface area contributed by atoms with Crippen LogP contribution in [0.3, 0.4) is 0 Å². The Morgan fingerprint density at radius 1 is 1.33 bits per heavy atom. The smallest absolute Gasteiger partial charge is 0.226 e. The number of rotatable bonds is 3. The molecule has 1 fully saturated rings. The molecule has 122 valence electrons. The molecule has 0 saturated carbocycles. The Morgan fingerprint density at radius 2 is 2.12 bits per heavy atom. The van der Waals surface area contributed by atoms with Gasteiger partial charge in [0.05, 0.1) is 30.9 Å². The molecule has 2 aromatic rings. The first-order chi connectivity index (χ1) is 11.7. The summed E-state index contributed by atoms with van der Waals surface area (Å²) in [5.41, 5.74) is 2.96. The SMILES string of the molecule is N#Cc1ccc(OC2CN(C(=O)C3CCc4[nH]ncc4C3)C2)cc1. The van der Waals surface area contributed by atoms with Crippen molar-refractivity contribution in [2.24, 2.45) is 5.92 Å². The van der Waals surface area contributed by atoms with E-state index in [9.17, 15) is 4.79 Å². The second-order valence-corrected chi connectivity index (χ2v) is 6.43. The van der Waals surface area contributed by atoms with Crippen LogP contribution in [0.1, 0.15) is 23.2 Å². The zero-order chi connectivity index (χ0) is 16.5. The van der Waals surface area contributed by atoms with E-state index in [0.717, 1.165) is 25.0 Å². The Hall–Kier alpha value is -2.81. The fourth-order valence-corrected chi connectivity index (χ4v) is 3.38. The van der Waals surface area contributed by atoms with Gasteiger partial charge in [0.2, 0.25) is 5.91 Å². The summed E-state index contributed by atoms with van der Waals surface area (Å²) in [5, 5.41) is 15.9. The van der Waals surface area contributed by atoms with Gasteiger partial charge in [-0.05, 0) is 49.1 Å². The summed E-state index contributed by atoms with van der Waals surface area (Å²) in [7, 11) is 0. The van der Waals surface area contributed by atoms with Crippen LogP contribution in [0.2, 0.25) is 0 Å². The summed E-state index contributed by atoms with van der Waals surface area (Å²) < 4.78 is 5.84. The van der Waals surface area contributed by atoms with Gasteiger partial charge in [0.15, 0.2) is 0 Å². The van der Waals surface area contributed by atoms with E-state index in [2.05, 4.69) is 16.3 Å². The molecule has 2 heterocycles. The predicted octanol–water partition coefficient (Wildman–Crippen LogP) is 1.68. The molecular weight excluding hydrogens is 304 g/mol. The van der Waals surface area contributed by atoms with Crippen LogP contribution in [0.15, 0.2) is 30.5 Å². The van der Waals surface area contributed by atoms with Crippen LogP contribution in [0.5, 0.6) is 5.75 Å². The molecule has 6 nitrogen and oxygen atoms in total. The second-order valence-electron chi connectivity index (χ2n) is 6.43. The molecule has 1 unspecified atom stereocenters. The van der Waals surface area contributed by atoms with E-state index >= 15 is 0 Å². The van der Waals surface area contributed by atoms with Crippen molar-refractivity contribution in [3.63, 3.8) is 0 Å². The molecule has 1 aromatic carbocycles. The highest BCUT2D eigenvalue weighted by Gasteiger charge is 2.37. The number of likely N-dealkylation sites (tertiary alicyclic amines) is 1. The van der Waals surface area contributed by atoms with Crippen LogP contribution in [0.25, 0.3) is 0 Å². The molecule has 1 atom stereocenters. The van der Waals surface area contributed by atoms with Crippen LogP contribution in [-0.2, 0) is 17.6 Å². The van der Waals surface area contributed by atoms with Gasteiger partial charge in [-0.25, -0.2) is 0 Å². The normalized spacial score (nSPS) is 20.0. The molecule has 1 aromatic heterocycles. The number of hydrogen-bond donors (Lipinski definition) is 1. The highest BCUT2D eigenvalue weighted by atomic mass is 16.5. The molecule has 1 aliphatic heterocycles. The molecule has 0 radical (unpaired) electrons. The maximum Gasteiger partial charge on any atom is 0.226 e. The highest BCUT2D eigenvalue weighted by molar-refractivity contribution is 5.80. The van der Waals surface area contributed by atoms with E-state index in [1.807, 2.05) is 11.1 Å². The monoisotopic (exact) mass is 322 g/mol. The first kappa shape index (κ1) is 14.8. The first-order valence-corrected chi connectivity index (χ1v) is 8.19. The van der Waals surface area contributed by atoms with Gasteiger partial charge in [-0.1, -0.05) is 0 Å². The van der Waals surface area contributed by atoms with Crippen molar-refractivity contribution in [3.8, 4) is 11.8 Å². The van der Waals surface area contributed by atoms with Crippen LogP contribution >= 0.6 is 0 Å². The molecule has 24 heavy (non-hydrogen) atoms. The largest absolute Gasteiger partial charge is 0.487 e. The Labute approximate surface area is 140 Å². The number of benzene rings is 1. The topological polar surface area (TPSA) is 82.0 Å². The Bertz CT molecular complexity index is 784. The van der Waals surface area contributed by atoms with Gasteiger partial charge in [-0.15, -0.1) is 0 Å². The summed E-state index contributed by atoms with van der Waals surface area (Å²) in [6.07, 6.45) is 4.43. The van der Waals surface area contributed by atoms with Gasteiger partial charge in [-0.2, -0.15) is 10.4 Å². The number of nitriles is 1. The van der Waals surface area contributed by atoms with E-state index in [1.165, 1.54) is 11.3 Å². The molecular formula is C18H18N4O2. The van der Waals surface area contributed by atoms with Crippen molar-refractivity contribution in [1.82, 2.24) is 15.1 Å². The summed E-state index contributed by atoms with van der Waals surface area (Å²) >= 11 is 0. The number of nitrogens with one attached hydrogen (secondary N) is 1. The lowest BCUT2D eigenvalue weighted by atomic mass is 9.86. The quantitative estimate of drug-likeness (QED) is 0.932. The van der Waals surface area contributed by atoms with Crippen molar-refractivity contribution in [2.45, 2.75) is 25.4 Å². The standard InChI is InChI=1S/C18H18N4O2/c19-8-12-1-4-15(5-2-12)24-16-10-22(11-16)18(23)13-3-6-17-14(7-13)9-20-21-17/h1-2,4-5,9,13,16H,3,6-7,10-11H2,(H,20,21). The van der Waals surface area contributed by atoms with Gasteiger partial charge in [0.25, 0.3) is 0 Å². The van der Waals surface area contributed by atoms with E-state index in [4.69, 9.17) is 10.00 Å². The molecule has 1 saturated heterocycles. The Kier molecular flexibility index (Phi) is 3.69. The third-order valence-electron chi connectivity index (χ3n) is 4.81. The molecule has 2 aliphatic rings. The van der Waals surface area contributed by atoms with Gasteiger partial charge in [-0.3, -0.25) is 9.89 Å². The third-order valence-corrected chi connectivity index (χ3v) is 4.81. The predicted molar refractivity (Wildman–Crippen MR) is 86.3 cm³/mol. The van der Waals surface area contributed by atoms with Crippen molar-refractivity contribution < 1.29 is 9.53 Å². The van der Waals surface area contributed by atoms with Gasteiger partial charge in [0.1, 0.15) is 11.9 Å². The van der Waals surface area contributed by atoms with E-state index < -0.39 is 0 Å². The Morgan fingerprint density at radius 3 is 2.88 bits per heavy atom. The number of nitrogens with zero attached hydrogens (tertiary/aromatic N) is 3. The van der Waals surface area contributed by atoms with Crippen LogP contribution < -0.4 is 4.74 Å². The first-order valence-electron chi connectivity index (χ1n) is 8.19. The summed E-state index contributed by atoms with van der Waals surface area (Å²) in [6, 6.07) is 9.15. The van der Waals surface area contributed by atoms with E-state index in [0.29, 0.717) is 18.7 Å². The van der Waals surface area contributed by atoms with Gasteiger partial charge in [0, 0.05) is 11.6 Å². The van der Waals surface area contributed by atoms with Gasteiger partial charge >= 0.3 is 0 Å². The fraction of sp³-hybridized carbons (Fsp3) is 0.389. The lowest BCUT2D eigenvalue weighted by molar-refractivity contribution is -0.144. The molecule has 4 rings (SSSR count). The average Bonchev–Trinajstić information content (AvgIpc) is 3.05. The van der Waals surface area contributed by atoms with Crippen LogP contribution in [0, 0.1) is 17.2 Å². The second kappa shape index (κ2) is 6.00. The summed E-state index contributed by atoms with van der Waals surface area (Å²) in [5.74, 6) is 1.03. The zero-order valence-corrected chi connectivity index (χ0v) is 13.2. The summed E-state index contributed by atoms with van der Waals surface area (Å²) in [6.45, 7) is 1.27. The number of ether oxygens (including phenoxy) is 1. The molecule has 6 heteroatoms. The molecule has 1 N–H and O–H groups in total. The number of carbonyl (C=O) groups excluding carboxylic acids is 1. The lowest BCUT2D eigenvalue weighted by Gasteiger charge is -2.41. The van der Waals surface area contributed by atoms with Crippen molar-refractivity contribution in [2.75, 3.05) is 13.1 Å². The highest BCUT2D eigenvalue weighted by Crippen LogP contribution is 2.27. The number of carbonyl (C=O) groups is 1. The number of aromatic amines is 1. The molecule has 0 bridgehead atoms. The fourth-order valence-electron chi connectivity index (χ4n) is 3.38. The number of amides is 1. The average molecular weight is 322 g/mol. The zero-order valence-electron chi connectivity index (χ0n) is 13.2. The minimum atomic E-state index is 0.0370. The third kappa shape index (κ3) is 2.73. The number of aromatic nitrogens is 2. The van der Waals surface area contributed by atoms with Crippen LogP contribution in [0.4, 0.5) is 0 Å². The van der Waals surface area contributed by atoms with Crippen molar-refractivity contribution in [1.29, 1.82) is 5.26 Å². The molecule has 1 amide bonds. The molecule has 1 aliphatic carbocycles. The molecule has 0 spiro atoms. The number of H-pyrrole nitrogens is 1. The maximum absolute atomic E-state index is 12.6. The van der Waals surface area contributed by atoms with E-state index in [1.54, 1.807) is 24.3 Å². The van der Waals surface area contributed by atoms with E-state index in [-0.39, 0.29) is 17.9 Å². The van der Waals surface area contributed by atoms with Crippen molar-refractivity contribution in [3.05, 3.63) is 47.3 Å². The summed E-state index contributed by atoms with van der Waals surface area (Å²) in [4.78, 5) is 14.5. The number of hydrogen-bond acceptors (Lipinski definition) is 4. The maximum atomic E-state index is 12.6. The minimum Gasteiger partial charge on any atom is -0.487 e. The number of fused-ring (bicyclic) bond motifs is 1. The number of aryl methyl sites for hydroxylation is 1. The van der Waals surface area contributed by atoms with Crippen molar-refractivity contribution >= 4 is 5.91 Å². The Balaban J connectivity index is 1.29. The lowest BCUT2D eigenvalue weighted by Crippen LogP contribution is -2.58. The van der Waals surface area contributed by atoms with Crippen LogP contribution in [-0.4, -0.2) is 40.2 Å². The minimum absolute atomic E-state index is 0.0370. The van der Waals surface area contributed by atoms with Gasteiger partial charge < -0.3 is 9.64 Å².